The van der Waals surface area contributed by atoms with E-state index in [1.807, 2.05) is 31.3 Å². The van der Waals surface area contributed by atoms with Crippen LogP contribution in [0.2, 0.25) is 0 Å². The van der Waals surface area contributed by atoms with E-state index in [4.69, 9.17) is 9.47 Å². The number of nitrogens with zero attached hydrogens (tertiary/aromatic N) is 1. The van der Waals surface area contributed by atoms with E-state index in [9.17, 15) is 0 Å². The van der Waals surface area contributed by atoms with Crippen LogP contribution in [0, 0.1) is 0 Å². The first-order chi connectivity index (χ1) is 12.8. The van der Waals surface area contributed by atoms with E-state index in [2.05, 4.69) is 39.9 Å². The van der Waals surface area contributed by atoms with Crippen LogP contribution in [-0.4, -0.2) is 32.8 Å². The van der Waals surface area contributed by atoms with E-state index in [-0.39, 0.29) is 30.0 Å². The minimum absolute atomic E-state index is 0. The molecule has 27 heavy (non-hydrogen) atoms. The number of benzene rings is 2. The van der Waals surface area contributed by atoms with Gasteiger partial charge in [-0.1, -0.05) is 36.4 Å². The molecule has 0 saturated carbocycles. The highest BCUT2D eigenvalue weighted by molar-refractivity contribution is 14.0. The summed E-state index contributed by atoms with van der Waals surface area (Å²) < 4.78 is 11.5. The van der Waals surface area contributed by atoms with Crippen molar-refractivity contribution in [3.8, 4) is 11.5 Å². The number of hydrogen-bond acceptors (Lipinski definition) is 3. The van der Waals surface area contributed by atoms with Crippen LogP contribution in [0.3, 0.4) is 0 Å². The summed E-state index contributed by atoms with van der Waals surface area (Å²) in [4.78, 5) is 4.42. The fourth-order valence-electron chi connectivity index (χ4n) is 3.70. The Labute approximate surface area is 177 Å². The predicted molar refractivity (Wildman–Crippen MR) is 119 cm³/mol. The smallest absolute Gasteiger partial charge is 0.191 e. The van der Waals surface area contributed by atoms with Crippen LogP contribution in [0.1, 0.15) is 35.9 Å². The first-order valence-corrected chi connectivity index (χ1v) is 9.26. The van der Waals surface area contributed by atoms with Crippen LogP contribution < -0.4 is 20.1 Å². The normalized spacial score (nSPS) is 20.9. The highest BCUT2D eigenvalue weighted by Crippen LogP contribution is 2.33. The van der Waals surface area contributed by atoms with Gasteiger partial charge < -0.3 is 20.1 Å². The highest BCUT2D eigenvalue weighted by atomic mass is 127. The third-order valence-electron chi connectivity index (χ3n) is 5.09. The van der Waals surface area contributed by atoms with Gasteiger partial charge in [-0.15, -0.1) is 24.0 Å². The Bertz CT molecular complexity index is 797. The third-order valence-corrected chi connectivity index (χ3v) is 5.09. The molecule has 2 aliphatic heterocycles. The van der Waals surface area contributed by atoms with Crippen molar-refractivity contribution in [2.75, 3.05) is 26.8 Å². The van der Waals surface area contributed by atoms with Gasteiger partial charge >= 0.3 is 0 Å². The molecule has 2 atom stereocenters. The van der Waals surface area contributed by atoms with Crippen LogP contribution in [0.5, 0.6) is 11.5 Å². The minimum atomic E-state index is 0. The molecule has 0 radical (unpaired) electrons. The third kappa shape index (κ3) is 4.48. The van der Waals surface area contributed by atoms with E-state index in [1.54, 1.807) is 0 Å². The standard InChI is InChI=1S/C21H25N3O2.HI/c1-22-21(24-18-11-13-26-20-9-5-3-7-17(18)20)23-14-15-10-12-25-19-8-4-2-6-16(15)19;/h2-9,15,18H,10-14H2,1H3,(H2,22,23,24);1H. The Balaban J connectivity index is 0.00000210. The molecule has 144 valence electrons. The molecule has 0 amide bonds. The SMILES string of the molecule is CN=C(NCC1CCOc2ccccc21)NC1CCOc2ccccc21.I. The van der Waals surface area contributed by atoms with Crippen LogP contribution in [-0.2, 0) is 0 Å². The van der Waals surface area contributed by atoms with E-state index >= 15 is 0 Å². The summed E-state index contributed by atoms with van der Waals surface area (Å²) in [5, 5.41) is 7.05. The monoisotopic (exact) mass is 479 g/mol. The van der Waals surface area contributed by atoms with Crippen molar-refractivity contribution in [2.24, 2.45) is 4.99 Å². The number of halogens is 1. The number of hydrogen-bond donors (Lipinski definition) is 2. The Hall–Kier alpha value is -1.96. The predicted octanol–water partition coefficient (Wildman–Crippen LogP) is 3.86. The summed E-state index contributed by atoms with van der Waals surface area (Å²) in [5.41, 5.74) is 2.47. The van der Waals surface area contributed by atoms with Gasteiger partial charge in [-0.2, -0.15) is 0 Å². The molecule has 0 fully saturated rings. The van der Waals surface area contributed by atoms with Crippen LogP contribution in [0.25, 0.3) is 0 Å². The molecule has 0 saturated heterocycles. The number of nitrogens with one attached hydrogen (secondary N) is 2. The fraction of sp³-hybridized carbons (Fsp3) is 0.381. The molecule has 6 heteroatoms. The van der Waals surface area contributed by atoms with Crippen molar-refractivity contribution in [2.45, 2.75) is 24.8 Å². The van der Waals surface area contributed by atoms with Crippen molar-refractivity contribution < 1.29 is 9.47 Å². The molecule has 5 nitrogen and oxygen atoms in total. The van der Waals surface area contributed by atoms with Gasteiger partial charge in [0, 0.05) is 31.5 Å². The molecular formula is C21H26IN3O2. The average molecular weight is 479 g/mol. The number of para-hydroxylation sites is 2. The lowest BCUT2D eigenvalue weighted by Gasteiger charge is -2.29. The lowest BCUT2D eigenvalue weighted by Crippen LogP contribution is -2.42. The number of fused-ring (bicyclic) bond motifs is 2. The van der Waals surface area contributed by atoms with Gasteiger partial charge in [0.2, 0.25) is 0 Å². The van der Waals surface area contributed by atoms with Gasteiger partial charge in [0.25, 0.3) is 0 Å². The van der Waals surface area contributed by atoms with Gasteiger partial charge in [0.05, 0.1) is 19.3 Å². The van der Waals surface area contributed by atoms with Crippen molar-refractivity contribution in [1.29, 1.82) is 0 Å². The Morgan fingerprint density at radius 1 is 0.963 bits per heavy atom. The molecule has 2 unspecified atom stereocenters. The van der Waals surface area contributed by atoms with E-state index in [0.29, 0.717) is 5.92 Å². The van der Waals surface area contributed by atoms with Crippen LogP contribution in [0.15, 0.2) is 53.5 Å². The Morgan fingerprint density at radius 3 is 2.33 bits per heavy atom. The van der Waals surface area contributed by atoms with Gasteiger partial charge in [-0.25, -0.2) is 0 Å². The lowest BCUT2D eigenvalue weighted by molar-refractivity contribution is 0.260. The second-order valence-corrected chi connectivity index (χ2v) is 6.70. The van der Waals surface area contributed by atoms with E-state index in [1.165, 1.54) is 11.1 Å². The summed E-state index contributed by atoms with van der Waals surface area (Å²) >= 11 is 0. The van der Waals surface area contributed by atoms with Crippen molar-refractivity contribution >= 4 is 29.9 Å². The van der Waals surface area contributed by atoms with E-state index in [0.717, 1.165) is 50.1 Å². The zero-order chi connectivity index (χ0) is 17.8. The van der Waals surface area contributed by atoms with Crippen LogP contribution >= 0.6 is 24.0 Å². The van der Waals surface area contributed by atoms with Gasteiger partial charge in [-0.3, -0.25) is 4.99 Å². The van der Waals surface area contributed by atoms with Gasteiger partial charge in [0.1, 0.15) is 11.5 Å². The minimum Gasteiger partial charge on any atom is -0.493 e. The summed E-state index contributed by atoms with van der Waals surface area (Å²) in [6, 6.07) is 16.7. The highest BCUT2D eigenvalue weighted by Gasteiger charge is 2.24. The summed E-state index contributed by atoms with van der Waals surface area (Å²) in [6.07, 6.45) is 1.94. The largest absolute Gasteiger partial charge is 0.493 e. The average Bonchev–Trinajstić information content (AvgIpc) is 2.71. The zero-order valence-corrected chi connectivity index (χ0v) is 17.8. The molecule has 2 aromatic carbocycles. The van der Waals surface area contributed by atoms with Gasteiger partial charge in [-0.05, 0) is 24.1 Å². The molecule has 0 spiro atoms. The number of aliphatic imine (C=N–C) groups is 1. The second-order valence-electron chi connectivity index (χ2n) is 6.70. The molecular weight excluding hydrogens is 453 g/mol. The zero-order valence-electron chi connectivity index (χ0n) is 15.5. The lowest BCUT2D eigenvalue weighted by atomic mass is 9.93. The molecule has 2 heterocycles. The number of ether oxygens (including phenoxy) is 2. The molecule has 0 bridgehead atoms. The van der Waals surface area contributed by atoms with Crippen LogP contribution in [0.4, 0.5) is 0 Å². The maximum absolute atomic E-state index is 5.76. The van der Waals surface area contributed by atoms with Crippen molar-refractivity contribution in [1.82, 2.24) is 10.6 Å². The summed E-state index contributed by atoms with van der Waals surface area (Å²) in [7, 11) is 1.82. The summed E-state index contributed by atoms with van der Waals surface area (Å²) in [6.45, 7) is 2.33. The molecule has 2 aliphatic rings. The quantitative estimate of drug-likeness (QED) is 0.399. The van der Waals surface area contributed by atoms with Crippen molar-refractivity contribution in [3.63, 3.8) is 0 Å². The second kappa shape index (κ2) is 9.30. The number of rotatable bonds is 3. The van der Waals surface area contributed by atoms with Gasteiger partial charge in [0.15, 0.2) is 5.96 Å². The molecule has 4 rings (SSSR count). The topological polar surface area (TPSA) is 54.9 Å². The number of guanidine groups is 1. The fourth-order valence-corrected chi connectivity index (χ4v) is 3.70. The molecule has 0 aromatic heterocycles. The summed E-state index contributed by atoms with van der Waals surface area (Å²) in [5.74, 6) is 3.23. The maximum atomic E-state index is 5.76. The first-order valence-electron chi connectivity index (χ1n) is 9.26. The Morgan fingerprint density at radius 2 is 1.59 bits per heavy atom. The Kier molecular flexibility index (Phi) is 6.82. The molecule has 2 aromatic rings. The van der Waals surface area contributed by atoms with Crippen molar-refractivity contribution in [3.05, 3.63) is 59.7 Å². The molecule has 0 aliphatic carbocycles. The molecule has 2 N–H and O–H groups in total. The maximum Gasteiger partial charge on any atom is 0.191 e. The van der Waals surface area contributed by atoms with E-state index < -0.39 is 0 Å². The first kappa shape index (κ1) is 19.8.